The van der Waals surface area contributed by atoms with Crippen LogP contribution in [0.2, 0.25) is 0 Å². The van der Waals surface area contributed by atoms with Crippen LogP contribution in [0.3, 0.4) is 0 Å². The van der Waals surface area contributed by atoms with Gasteiger partial charge in [-0.3, -0.25) is 28.9 Å². The van der Waals surface area contributed by atoms with E-state index < -0.39 is 35.2 Å². The van der Waals surface area contributed by atoms with Gasteiger partial charge in [-0.1, -0.05) is 12.1 Å². The van der Waals surface area contributed by atoms with Crippen molar-refractivity contribution in [3.63, 3.8) is 0 Å². The molecule has 2 heterocycles. The molecule has 3 N–H and O–H groups in total. The van der Waals surface area contributed by atoms with Crippen molar-refractivity contribution in [1.82, 2.24) is 25.7 Å². The third-order valence-electron chi connectivity index (χ3n) is 4.21. The van der Waals surface area contributed by atoms with Crippen LogP contribution in [0, 0.1) is 0 Å². The zero-order valence-electron chi connectivity index (χ0n) is 14.9. The number of carbonyl (C=O) groups excluding carboxylic acids is 4. The molecule has 1 unspecified atom stereocenters. The number of rotatable bonds is 6. The van der Waals surface area contributed by atoms with Crippen LogP contribution in [0.25, 0.3) is 0 Å². The molecule has 0 saturated carbocycles. The number of H-pyrrole nitrogens is 1. The Morgan fingerprint density at radius 1 is 1.00 bits per heavy atom. The molecule has 3 rings (SSSR count). The van der Waals surface area contributed by atoms with Crippen molar-refractivity contribution in [3.05, 3.63) is 63.6 Å². The molecule has 10 nitrogen and oxygen atoms in total. The molecule has 28 heavy (non-hydrogen) atoms. The number of carbonyl (C=O) groups is 4. The molecule has 1 aliphatic rings. The molecule has 0 spiro atoms. The van der Waals surface area contributed by atoms with E-state index in [0.29, 0.717) is 0 Å². The summed E-state index contributed by atoms with van der Waals surface area (Å²) in [5, 5.41) is 10.8. The normalized spacial score (nSPS) is 13.8. The van der Waals surface area contributed by atoms with E-state index in [9.17, 15) is 24.0 Å². The van der Waals surface area contributed by atoms with E-state index in [1.54, 1.807) is 24.3 Å². The molecule has 2 aromatic rings. The van der Waals surface area contributed by atoms with Crippen LogP contribution < -0.4 is 16.2 Å². The van der Waals surface area contributed by atoms with Crippen molar-refractivity contribution in [1.29, 1.82) is 0 Å². The summed E-state index contributed by atoms with van der Waals surface area (Å²) >= 11 is 0. The van der Waals surface area contributed by atoms with Gasteiger partial charge in [0, 0.05) is 19.2 Å². The van der Waals surface area contributed by atoms with E-state index in [2.05, 4.69) is 20.8 Å². The Labute approximate surface area is 158 Å². The van der Waals surface area contributed by atoms with Gasteiger partial charge in [-0.2, -0.15) is 5.10 Å². The first kappa shape index (κ1) is 19.0. The number of nitrogens with one attached hydrogen (secondary N) is 3. The van der Waals surface area contributed by atoms with Gasteiger partial charge < -0.3 is 10.6 Å². The smallest absolute Gasteiger partial charge is 0.271 e. The number of fused-ring (bicyclic) bond motifs is 1. The van der Waals surface area contributed by atoms with Gasteiger partial charge in [0.25, 0.3) is 23.3 Å². The molecule has 10 heteroatoms. The standard InChI is InChI=1S/C18H17N5O5/c1-10(23-17(27)11-4-2-3-5-12(11)18(23)28)15(25)19-8-9-20-16(26)13-6-7-14(24)22-21-13/h2-7,10H,8-9H2,1H3,(H,19,25)(H,20,26)(H,22,24). The number of benzene rings is 1. The lowest BCUT2D eigenvalue weighted by Crippen LogP contribution is -2.49. The summed E-state index contributed by atoms with van der Waals surface area (Å²) < 4.78 is 0. The lowest BCUT2D eigenvalue weighted by atomic mass is 10.1. The van der Waals surface area contributed by atoms with Crippen molar-refractivity contribution in [2.75, 3.05) is 13.1 Å². The van der Waals surface area contributed by atoms with Crippen LogP contribution in [0.5, 0.6) is 0 Å². The van der Waals surface area contributed by atoms with Crippen molar-refractivity contribution in [3.8, 4) is 0 Å². The quantitative estimate of drug-likeness (QED) is 0.445. The van der Waals surface area contributed by atoms with E-state index in [0.717, 1.165) is 4.90 Å². The molecule has 0 saturated heterocycles. The number of nitrogens with zero attached hydrogens (tertiary/aromatic N) is 2. The summed E-state index contributed by atoms with van der Waals surface area (Å²) in [6.45, 7) is 1.64. The number of imide groups is 1. The minimum atomic E-state index is -0.996. The van der Waals surface area contributed by atoms with Crippen LogP contribution in [-0.4, -0.2) is 57.9 Å². The van der Waals surface area contributed by atoms with E-state index in [1.807, 2.05) is 0 Å². The van der Waals surface area contributed by atoms with Gasteiger partial charge in [-0.25, -0.2) is 5.10 Å². The zero-order valence-corrected chi connectivity index (χ0v) is 14.9. The molecule has 1 aliphatic heterocycles. The predicted octanol–water partition coefficient (Wildman–Crippen LogP) is -0.699. The molecule has 144 valence electrons. The van der Waals surface area contributed by atoms with E-state index in [1.165, 1.54) is 19.1 Å². The maximum atomic E-state index is 12.4. The molecular formula is C18H17N5O5. The molecule has 0 radical (unpaired) electrons. The Hall–Kier alpha value is -3.82. The first-order valence-corrected chi connectivity index (χ1v) is 8.48. The maximum absolute atomic E-state index is 12.4. The number of aromatic amines is 1. The summed E-state index contributed by atoms with van der Waals surface area (Å²) in [5.74, 6) is -2.06. The van der Waals surface area contributed by atoms with Gasteiger partial charge in [0.1, 0.15) is 11.7 Å². The lowest BCUT2D eigenvalue weighted by Gasteiger charge is -2.21. The highest BCUT2D eigenvalue weighted by Gasteiger charge is 2.40. The van der Waals surface area contributed by atoms with Gasteiger partial charge in [-0.15, -0.1) is 0 Å². The summed E-state index contributed by atoms with van der Waals surface area (Å²) in [6, 6.07) is 7.84. The third-order valence-corrected chi connectivity index (χ3v) is 4.21. The van der Waals surface area contributed by atoms with Gasteiger partial charge >= 0.3 is 0 Å². The van der Waals surface area contributed by atoms with Gasteiger partial charge in [-0.05, 0) is 25.1 Å². The van der Waals surface area contributed by atoms with E-state index in [-0.39, 0.29) is 29.9 Å². The Bertz CT molecular complexity index is 960. The summed E-state index contributed by atoms with van der Waals surface area (Å²) in [4.78, 5) is 60.8. The van der Waals surface area contributed by atoms with Crippen molar-refractivity contribution < 1.29 is 19.2 Å². The number of amides is 4. The Morgan fingerprint density at radius 2 is 1.61 bits per heavy atom. The second-order valence-corrected chi connectivity index (χ2v) is 6.06. The molecule has 0 fully saturated rings. The van der Waals surface area contributed by atoms with Crippen LogP contribution in [0.15, 0.2) is 41.2 Å². The minimum absolute atomic E-state index is 0.0327. The Kier molecular flexibility index (Phi) is 5.30. The molecule has 1 atom stereocenters. The molecule has 4 amide bonds. The second kappa shape index (κ2) is 7.82. The molecule has 1 aromatic heterocycles. The lowest BCUT2D eigenvalue weighted by molar-refractivity contribution is -0.124. The first-order valence-electron chi connectivity index (χ1n) is 8.48. The van der Waals surface area contributed by atoms with Gasteiger partial charge in [0.2, 0.25) is 5.91 Å². The molecule has 0 aliphatic carbocycles. The largest absolute Gasteiger partial charge is 0.353 e. The maximum Gasteiger partial charge on any atom is 0.271 e. The Balaban J connectivity index is 1.51. The number of hydrogen-bond donors (Lipinski definition) is 3. The average Bonchev–Trinajstić information content (AvgIpc) is 2.95. The fourth-order valence-corrected chi connectivity index (χ4v) is 2.75. The van der Waals surface area contributed by atoms with E-state index in [4.69, 9.17) is 0 Å². The highest BCUT2D eigenvalue weighted by Crippen LogP contribution is 2.24. The first-order chi connectivity index (χ1) is 13.4. The van der Waals surface area contributed by atoms with Crippen LogP contribution >= 0.6 is 0 Å². The zero-order chi connectivity index (χ0) is 20.3. The van der Waals surface area contributed by atoms with Crippen LogP contribution in [0.1, 0.15) is 38.1 Å². The average molecular weight is 383 g/mol. The van der Waals surface area contributed by atoms with Gasteiger partial charge in [0.05, 0.1) is 11.1 Å². The van der Waals surface area contributed by atoms with Crippen molar-refractivity contribution in [2.24, 2.45) is 0 Å². The fourth-order valence-electron chi connectivity index (χ4n) is 2.75. The summed E-state index contributed by atoms with van der Waals surface area (Å²) in [6.07, 6.45) is 0. The van der Waals surface area contributed by atoms with Crippen LogP contribution in [-0.2, 0) is 4.79 Å². The summed E-state index contributed by atoms with van der Waals surface area (Å²) in [7, 11) is 0. The molecule has 0 bridgehead atoms. The second-order valence-electron chi connectivity index (χ2n) is 6.06. The Morgan fingerprint density at radius 3 is 2.18 bits per heavy atom. The highest BCUT2D eigenvalue weighted by molar-refractivity contribution is 6.22. The minimum Gasteiger partial charge on any atom is -0.353 e. The molecule has 1 aromatic carbocycles. The highest BCUT2D eigenvalue weighted by atomic mass is 16.2. The van der Waals surface area contributed by atoms with Crippen molar-refractivity contribution >= 4 is 23.6 Å². The number of hydrogen-bond acceptors (Lipinski definition) is 6. The predicted molar refractivity (Wildman–Crippen MR) is 96.6 cm³/mol. The topological polar surface area (TPSA) is 141 Å². The van der Waals surface area contributed by atoms with Crippen LogP contribution in [0.4, 0.5) is 0 Å². The van der Waals surface area contributed by atoms with Gasteiger partial charge in [0.15, 0.2) is 0 Å². The number of aromatic nitrogens is 2. The monoisotopic (exact) mass is 383 g/mol. The third kappa shape index (κ3) is 3.65. The molecular weight excluding hydrogens is 366 g/mol. The van der Waals surface area contributed by atoms with Crippen molar-refractivity contribution in [2.45, 2.75) is 13.0 Å². The van der Waals surface area contributed by atoms with E-state index >= 15 is 0 Å². The summed E-state index contributed by atoms with van der Waals surface area (Å²) in [5.41, 5.74) is 0.150. The fraction of sp³-hybridized carbons (Fsp3) is 0.222. The SMILES string of the molecule is CC(C(=O)NCCNC(=O)c1ccc(=O)[nH]n1)N1C(=O)c2ccccc2C1=O.